The third-order valence-electron chi connectivity index (χ3n) is 2.82. The van der Waals surface area contributed by atoms with Crippen LogP contribution in [0, 0.1) is 11.6 Å². The molecule has 21 heavy (non-hydrogen) atoms. The average molecular weight is 293 g/mol. The Morgan fingerprint density at radius 2 is 1.90 bits per heavy atom. The zero-order chi connectivity index (χ0) is 15.4. The Labute approximate surface area is 120 Å². The number of methoxy groups -OCH3 is 1. The molecule has 2 N–H and O–H groups in total. The fourth-order valence-electron chi connectivity index (χ4n) is 1.70. The number of hydrogen-bond donors (Lipinski definition) is 1. The van der Waals surface area contributed by atoms with Gasteiger partial charge in [0.1, 0.15) is 12.4 Å². The highest BCUT2D eigenvalue weighted by Gasteiger charge is 2.11. The Morgan fingerprint density at radius 1 is 1.14 bits per heavy atom. The maximum atomic E-state index is 13.5. The molecule has 2 rings (SSSR count). The Bertz CT molecular complexity index is 674. The van der Waals surface area contributed by atoms with Crippen LogP contribution in [0.3, 0.4) is 0 Å². The molecule has 110 valence electrons. The second-order valence-corrected chi connectivity index (χ2v) is 4.28. The van der Waals surface area contributed by atoms with Crippen molar-refractivity contribution in [2.24, 2.45) is 0 Å². The third kappa shape index (κ3) is 3.47. The minimum atomic E-state index is -0.669. The van der Waals surface area contributed by atoms with Crippen molar-refractivity contribution >= 4 is 11.7 Å². The summed E-state index contributed by atoms with van der Waals surface area (Å²) in [5, 5.41) is 0. The van der Waals surface area contributed by atoms with E-state index in [1.54, 1.807) is 6.07 Å². The Kier molecular flexibility index (Phi) is 4.37. The number of carbonyl (C=O) groups is 1. The van der Waals surface area contributed by atoms with E-state index in [-0.39, 0.29) is 23.6 Å². The molecule has 0 saturated heterocycles. The topological polar surface area (TPSA) is 61.5 Å². The van der Waals surface area contributed by atoms with Gasteiger partial charge in [-0.2, -0.15) is 0 Å². The van der Waals surface area contributed by atoms with Gasteiger partial charge in [-0.1, -0.05) is 6.07 Å². The summed E-state index contributed by atoms with van der Waals surface area (Å²) in [5.41, 5.74) is 5.83. The molecule has 0 fully saturated rings. The highest BCUT2D eigenvalue weighted by Crippen LogP contribution is 2.19. The molecule has 0 radical (unpaired) electrons. The van der Waals surface area contributed by atoms with Gasteiger partial charge in [-0.3, -0.25) is 0 Å². The monoisotopic (exact) mass is 293 g/mol. The van der Waals surface area contributed by atoms with Crippen LogP contribution in [0.5, 0.6) is 5.75 Å². The molecule has 2 aromatic rings. The summed E-state index contributed by atoms with van der Waals surface area (Å²) >= 11 is 0. The number of nitrogen functional groups attached to an aromatic ring is 1. The zero-order valence-corrected chi connectivity index (χ0v) is 11.2. The standard InChI is InChI=1S/C15H13F2NO3/c1-20-14-5-2-9(6-12(14)17)8-21-15(19)10-3-4-11(16)13(18)7-10/h2-7H,8,18H2,1H3. The van der Waals surface area contributed by atoms with Crippen molar-refractivity contribution in [1.82, 2.24) is 0 Å². The smallest absolute Gasteiger partial charge is 0.338 e. The first kappa shape index (κ1) is 14.8. The van der Waals surface area contributed by atoms with Crippen LogP contribution in [0.1, 0.15) is 15.9 Å². The van der Waals surface area contributed by atoms with Crippen LogP contribution < -0.4 is 10.5 Å². The van der Waals surface area contributed by atoms with E-state index < -0.39 is 17.6 Å². The lowest BCUT2D eigenvalue weighted by atomic mass is 10.2. The van der Waals surface area contributed by atoms with Crippen LogP contribution in [0.4, 0.5) is 14.5 Å². The number of hydrogen-bond acceptors (Lipinski definition) is 4. The molecular formula is C15H13F2NO3. The molecule has 0 unspecified atom stereocenters. The summed E-state index contributed by atoms with van der Waals surface area (Å²) < 4.78 is 36.3. The summed E-state index contributed by atoms with van der Waals surface area (Å²) in [4.78, 5) is 11.8. The number of benzene rings is 2. The quantitative estimate of drug-likeness (QED) is 0.695. The summed E-state index contributed by atoms with van der Waals surface area (Å²) in [5.74, 6) is -1.71. The molecule has 2 aromatic carbocycles. The summed E-state index contributed by atoms with van der Waals surface area (Å²) in [6, 6.07) is 7.77. The van der Waals surface area contributed by atoms with E-state index in [1.165, 1.54) is 31.4 Å². The first-order chi connectivity index (χ1) is 10.0. The number of nitrogens with two attached hydrogens (primary N) is 1. The maximum Gasteiger partial charge on any atom is 0.338 e. The number of rotatable bonds is 4. The summed E-state index contributed by atoms with van der Waals surface area (Å²) in [6.07, 6.45) is 0. The van der Waals surface area contributed by atoms with Crippen LogP contribution in [-0.2, 0) is 11.3 Å². The van der Waals surface area contributed by atoms with E-state index in [9.17, 15) is 13.6 Å². The number of anilines is 1. The van der Waals surface area contributed by atoms with Crippen molar-refractivity contribution in [2.75, 3.05) is 12.8 Å². The van der Waals surface area contributed by atoms with Gasteiger partial charge in [-0.15, -0.1) is 0 Å². The number of ether oxygens (including phenoxy) is 2. The van der Waals surface area contributed by atoms with E-state index in [4.69, 9.17) is 15.2 Å². The third-order valence-corrected chi connectivity index (χ3v) is 2.82. The second kappa shape index (κ2) is 6.21. The van der Waals surface area contributed by atoms with E-state index >= 15 is 0 Å². The lowest BCUT2D eigenvalue weighted by molar-refractivity contribution is 0.0472. The predicted molar refractivity (Wildman–Crippen MR) is 72.9 cm³/mol. The maximum absolute atomic E-state index is 13.5. The molecule has 0 aromatic heterocycles. The van der Waals surface area contributed by atoms with Crippen molar-refractivity contribution in [2.45, 2.75) is 6.61 Å². The van der Waals surface area contributed by atoms with Gasteiger partial charge >= 0.3 is 5.97 Å². The van der Waals surface area contributed by atoms with Crippen LogP contribution >= 0.6 is 0 Å². The molecule has 0 spiro atoms. The highest BCUT2D eigenvalue weighted by atomic mass is 19.1. The van der Waals surface area contributed by atoms with Crippen LogP contribution in [0.15, 0.2) is 36.4 Å². The molecule has 0 aliphatic heterocycles. The molecule has 0 bridgehead atoms. The van der Waals surface area contributed by atoms with Gasteiger partial charge < -0.3 is 15.2 Å². The van der Waals surface area contributed by atoms with Crippen molar-refractivity contribution in [3.05, 3.63) is 59.2 Å². The van der Waals surface area contributed by atoms with Gasteiger partial charge in [-0.25, -0.2) is 13.6 Å². The number of halogens is 2. The van der Waals surface area contributed by atoms with E-state index in [0.717, 1.165) is 6.07 Å². The van der Waals surface area contributed by atoms with Crippen LogP contribution in [0.25, 0.3) is 0 Å². The van der Waals surface area contributed by atoms with E-state index in [0.29, 0.717) is 5.56 Å². The molecule has 6 heteroatoms. The first-order valence-corrected chi connectivity index (χ1v) is 6.06. The molecule has 0 heterocycles. The zero-order valence-electron chi connectivity index (χ0n) is 11.2. The molecule has 4 nitrogen and oxygen atoms in total. The molecule has 0 aliphatic carbocycles. The number of esters is 1. The Morgan fingerprint density at radius 3 is 2.52 bits per heavy atom. The molecule has 0 amide bonds. The Balaban J connectivity index is 2.03. The average Bonchev–Trinajstić information content (AvgIpc) is 2.47. The van der Waals surface area contributed by atoms with Gasteiger partial charge in [0, 0.05) is 0 Å². The first-order valence-electron chi connectivity index (χ1n) is 6.06. The van der Waals surface area contributed by atoms with Gasteiger partial charge in [0.05, 0.1) is 18.4 Å². The second-order valence-electron chi connectivity index (χ2n) is 4.28. The largest absolute Gasteiger partial charge is 0.494 e. The predicted octanol–water partition coefficient (Wildman–Crippen LogP) is 2.91. The van der Waals surface area contributed by atoms with Crippen molar-refractivity contribution in [1.29, 1.82) is 0 Å². The van der Waals surface area contributed by atoms with Crippen molar-refractivity contribution in [3.8, 4) is 5.75 Å². The molecule has 0 atom stereocenters. The van der Waals surface area contributed by atoms with Gasteiger partial charge in [0.2, 0.25) is 0 Å². The SMILES string of the molecule is COc1ccc(COC(=O)c2ccc(F)c(N)c2)cc1F. The molecule has 0 saturated carbocycles. The van der Waals surface area contributed by atoms with E-state index in [2.05, 4.69) is 0 Å². The molecular weight excluding hydrogens is 280 g/mol. The fraction of sp³-hybridized carbons (Fsp3) is 0.133. The minimum Gasteiger partial charge on any atom is -0.494 e. The number of carbonyl (C=O) groups excluding carboxylic acids is 1. The normalized spacial score (nSPS) is 10.2. The minimum absolute atomic E-state index is 0.108. The van der Waals surface area contributed by atoms with Crippen LogP contribution in [0.2, 0.25) is 0 Å². The van der Waals surface area contributed by atoms with Gasteiger partial charge in [0.25, 0.3) is 0 Å². The highest BCUT2D eigenvalue weighted by molar-refractivity contribution is 5.90. The lowest BCUT2D eigenvalue weighted by Crippen LogP contribution is -2.06. The molecule has 0 aliphatic rings. The fourth-order valence-corrected chi connectivity index (χ4v) is 1.70. The summed E-state index contributed by atoms with van der Waals surface area (Å²) in [7, 11) is 1.36. The van der Waals surface area contributed by atoms with Crippen molar-refractivity contribution < 1.29 is 23.0 Å². The van der Waals surface area contributed by atoms with Gasteiger partial charge in [-0.05, 0) is 35.9 Å². The van der Waals surface area contributed by atoms with E-state index in [1.807, 2.05) is 0 Å². The Hall–Kier alpha value is -2.63. The van der Waals surface area contributed by atoms with Gasteiger partial charge in [0.15, 0.2) is 11.6 Å². The summed E-state index contributed by atoms with van der Waals surface area (Å²) in [6.45, 7) is -0.114. The lowest BCUT2D eigenvalue weighted by Gasteiger charge is -2.07. The van der Waals surface area contributed by atoms with Crippen molar-refractivity contribution in [3.63, 3.8) is 0 Å². The van der Waals surface area contributed by atoms with Crippen LogP contribution in [-0.4, -0.2) is 13.1 Å².